The van der Waals surface area contributed by atoms with Crippen molar-refractivity contribution in [3.05, 3.63) is 0 Å². The molecule has 76 valence electrons. The summed E-state index contributed by atoms with van der Waals surface area (Å²) in [4.78, 5) is 21.9. The Morgan fingerprint density at radius 2 is 2.00 bits per heavy atom. The van der Waals surface area contributed by atoms with Gasteiger partial charge >= 0.3 is 5.97 Å². The largest absolute Gasteiger partial charge is 0.468 e. The molecule has 0 saturated heterocycles. The Balaban J connectivity index is 3.53. The number of Topliss-reactive ketones (excluding diaryl/α,β-unsaturated/α-hetero) is 1. The van der Waals surface area contributed by atoms with Crippen LogP contribution in [0.4, 0.5) is 0 Å². The Morgan fingerprint density at radius 3 is 2.46 bits per heavy atom. The van der Waals surface area contributed by atoms with Crippen LogP contribution in [0.25, 0.3) is 0 Å². The van der Waals surface area contributed by atoms with Crippen LogP contribution in [0, 0.1) is 5.92 Å². The van der Waals surface area contributed by atoms with Crippen molar-refractivity contribution in [1.82, 2.24) is 0 Å². The van der Waals surface area contributed by atoms with E-state index in [1.165, 1.54) is 18.9 Å². The highest BCUT2D eigenvalue weighted by Crippen LogP contribution is 2.08. The van der Waals surface area contributed by atoms with Gasteiger partial charge in [-0.15, -0.1) is 11.8 Å². The van der Waals surface area contributed by atoms with Crippen molar-refractivity contribution in [1.29, 1.82) is 0 Å². The molecule has 0 aliphatic carbocycles. The zero-order chi connectivity index (χ0) is 10.3. The van der Waals surface area contributed by atoms with Crippen LogP contribution in [0.5, 0.6) is 0 Å². The van der Waals surface area contributed by atoms with Crippen LogP contribution >= 0.6 is 11.8 Å². The molecule has 0 N–H and O–H groups in total. The molecule has 3 nitrogen and oxygen atoms in total. The van der Waals surface area contributed by atoms with Gasteiger partial charge in [0.2, 0.25) is 0 Å². The molecule has 1 atom stereocenters. The summed E-state index contributed by atoms with van der Waals surface area (Å²) in [6.07, 6.45) is 0.859. The van der Waals surface area contributed by atoms with Crippen LogP contribution in [0.15, 0.2) is 0 Å². The van der Waals surface area contributed by atoms with Crippen LogP contribution in [-0.4, -0.2) is 30.4 Å². The smallest absolute Gasteiger partial charge is 0.315 e. The van der Waals surface area contributed by atoms with Gasteiger partial charge in [-0.1, -0.05) is 13.8 Å². The van der Waals surface area contributed by atoms with Crippen LogP contribution in [0.1, 0.15) is 20.3 Å². The number of hydrogen-bond acceptors (Lipinski definition) is 4. The van der Waals surface area contributed by atoms with Crippen molar-refractivity contribution >= 4 is 23.5 Å². The molecule has 13 heavy (non-hydrogen) atoms. The molecular weight excluding hydrogens is 188 g/mol. The zero-order valence-corrected chi connectivity index (χ0v) is 9.15. The Morgan fingerprint density at radius 1 is 1.38 bits per heavy atom. The van der Waals surface area contributed by atoms with Crippen molar-refractivity contribution in [2.24, 2.45) is 5.92 Å². The first kappa shape index (κ1) is 12.5. The van der Waals surface area contributed by atoms with E-state index >= 15 is 0 Å². The van der Waals surface area contributed by atoms with E-state index in [-0.39, 0.29) is 23.4 Å². The maximum absolute atomic E-state index is 11.3. The summed E-state index contributed by atoms with van der Waals surface area (Å²) in [7, 11) is 1.35. The van der Waals surface area contributed by atoms with Gasteiger partial charge in [0.1, 0.15) is 5.78 Å². The average Bonchev–Trinajstić information content (AvgIpc) is 2.15. The molecule has 0 saturated carbocycles. The first-order valence-corrected chi connectivity index (χ1v) is 5.44. The monoisotopic (exact) mass is 204 g/mol. The molecule has 0 aromatic carbocycles. The van der Waals surface area contributed by atoms with E-state index in [0.29, 0.717) is 5.75 Å². The quantitative estimate of drug-likeness (QED) is 0.615. The van der Waals surface area contributed by atoms with Crippen molar-refractivity contribution in [2.75, 3.05) is 18.6 Å². The molecule has 0 rings (SSSR count). The van der Waals surface area contributed by atoms with E-state index in [1.807, 2.05) is 13.8 Å². The molecule has 1 unspecified atom stereocenters. The number of esters is 1. The maximum atomic E-state index is 11.3. The van der Waals surface area contributed by atoms with Crippen LogP contribution in [-0.2, 0) is 14.3 Å². The molecule has 0 radical (unpaired) electrons. The third kappa shape index (κ3) is 5.69. The summed E-state index contributed by atoms with van der Waals surface area (Å²) in [5, 5.41) is 0. The molecule has 4 heteroatoms. The molecule has 0 bridgehead atoms. The number of carbonyl (C=O) groups is 2. The number of methoxy groups -OCH3 is 1. The number of thioether (sulfide) groups is 1. The van der Waals surface area contributed by atoms with E-state index in [9.17, 15) is 9.59 Å². The van der Waals surface area contributed by atoms with Crippen molar-refractivity contribution in [2.45, 2.75) is 20.3 Å². The SMILES string of the molecule is CCC(C)C(=O)CSCC(=O)OC. The second-order valence-corrected chi connectivity index (χ2v) is 3.83. The lowest BCUT2D eigenvalue weighted by Gasteiger charge is -2.05. The van der Waals surface area contributed by atoms with Crippen molar-refractivity contribution in [3.8, 4) is 0 Å². The van der Waals surface area contributed by atoms with Crippen LogP contribution in [0.2, 0.25) is 0 Å². The molecule has 0 amide bonds. The van der Waals surface area contributed by atoms with Gasteiger partial charge in [0, 0.05) is 5.92 Å². The number of ether oxygens (including phenoxy) is 1. The summed E-state index contributed by atoms with van der Waals surface area (Å²) in [5.74, 6) is 0.700. The fraction of sp³-hybridized carbons (Fsp3) is 0.778. The van der Waals surface area contributed by atoms with E-state index < -0.39 is 0 Å². The minimum atomic E-state index is -0.276. The molecule has 0 spiro atoms. The predicted molar refractivity (Wildman–Crippen MR) is 53.8 cm³/mol. The molecule has 0 aromatic rings. The van der Waals surface area contributed by atoms with Gasteiger partial charge < -0.3 is 4.74 Å². The lowest BCUT2D eigenvalue weighted by Crippen LogP contribution is -2.14. The Kier molecular flexibility index (Phi) is 6.68. The van der Waals surface area contributed by atoms with E-state index in [1.54, 1.807) is 0 Å². The Hall–Kier alpha value is -0.510. The number of ketones is 1. The Labute approximate surface area is 83.2 Å². The Bertz CT molecular complexity index is 180. The lowest BCUT2D eigenvalue weighted by molar-refractivity contribution is -0.137. The maximum Gasteiger partial charge on any atom is 0.315 e. The lowest BCUT2D eigenvalue weighted by atomic mass is 10.1. The number of carbonyl (C=O) groups excluding carboxylic acids is 2. The van der Waals surface area contributed by atoms with Gasteiger partial charge in [0.15, 0.2) is 0 Å². The molecule has 0 aromatic heterocycles. The number of hydrogen-bond donors (Lipinski definition) is 0. The molecule has 0 heterocycles. The molecule has 0 fully saturated rings. The summed E-state index contributed by atoms with van der Waals surface area (Å²) in [6.45, 7) is 3.88. The topological polar surface area (TPSA) is 43.4 Å². The first-order valence-electron chi connectivity index (χ1n) is 4.29. The fourth-order valence-corrected chi connectivity index (χ4v) is 1.54. The van der Waals surface area contributed by atoms with Gasteiger partial charge in [0.25, 0.3) is 0 Å². The van der Waals surface area contributed by atoms with Crippen LogP contribution in [0.3, 0.4) is 0 Å². The molecular formula is C9H16O3S. The minimum Gasteiger partial charge on any atom is -0.468 e. The van der Waals surface area contributed by atoms with Gasteiger partial charge in [-0.3, -0.25) is 9.59 Å². The third-order valence-corrected chi connectivity index (χ3v) is 2.78. The first-order chi connectivity index (χ1) is 6.11. The standard InChI is InChI=1S/C9H16O3S/c1-4-7(2)8(10)5-13-6-9(11)12-3/h7H,4-6H2,1-3H3. The van der Waals surface area contributed by atoms with E-state index in [2.05, 4.69) is 4.74 Å². The molecule has 0 aliphatic heterocycles. The zero-order valence-electron chi connectivity index (χ0n) is 8.33. The van der Waals surface area contributed by atoms with Gasteiger partial charge in [-0.2, -0.15) is 0 Å². The van der Waals surface area contributed by atoms with Crippen molar-refractivity contribution < 1.29 is 14.3 Å². The minimum absolute atomic E-state index is 0.102. The highest BCUT2D eigenvalue weighted by atomic mass is 32.2. The van der Waals surface area contributed by atoms with Gasteiger partial charge in [-0.05, 0) is 6.42 Å². The second-order valence-electron chi connectivity index (χ2n) is 2.84. The highest BCUT2D eigenvalue weighted by Gasteiger charge is 2.11. The van der Waals surface area contributed by atoms with Gasteiger partial charge in [-0.25, -0.2) is 0 Å². The second kappa shape index (κ2) is 6.95. The summed E-state index contributed by atoms with van der Waals surface area (Å²) in [5.41, 5.74) is 0. The van der Waals surface area contributed by atoms with Gasteiger partial charge in [0.05, 0.1) is 18.6 Å². The van der Waals surface area contributed by atoms with Crippen LogP contribution < -0.4 is 0 Å². The summed E-state index contributed by atoms with van der Waals surface area (Å²) >= 11 is 1.31. The van der Waals surface area contributed by atoms with E-state index in [4.69, 9.17) is 0 Å². The van der Waals surface area contributed by atoms with E-state index in [0.717, 1.165) is 6.42 Å². The third-order valence-electron chi connectivity index (χ3n) is 1.85. The normalized spacial score (nSPS) is 12.2. The summed E-state index contributed by atoms with van der Waals surface area (Å²) < 4.78 is 4.45. The fourth-order valence-electron chi connectivity index (χ4n) is 0.664. The summed E-state index contributed by atoms with van der Waals surface area (Å²) in [6, 6.07) is 0. The average molecular weight is 204 g/mol. The molecule has 0 aliphatic rings. The van der Waals surface area contributed by atoms with Crippen molar-refractivity contribution in [3.63, 3.8) is 0 Å². The predicted octanol–water partition coefficient (Wildman–Crippen LogP) is 1.51. The highest BCUT2D eigenvalue weighted by molar-refractivity contribution is 8.00. The number of rotatable bonds is 6.